The lowest BCUT2D eigenvalue weighted by molar-refractivity contribution is -0.118. The fourth-order valence-electron chi connectivity index (χ4n) is 1.20. The van der Waals surface area contributed by atoms with E-state index in [0.717, 1.165) is 18.4 Å². The predicted molar refractivity (Wildman–Crippen MR) is 37.2 cm³/mol. The Kier molecular flexibility index (Phi) is 1.70. The Labute approximate surface area is 55.8 Å². The van der Waals surface area contributed by atoms with Crippen molar-refractivity contribution in [2.45, 2.75) is 26.7 Å². The van der Waals surface area contributed by atoms with E-state index in [9.17, 15) is 4.79 Å². The Morgan fingerprint density at radius 2 is 2.44 bits per heavy atom. The van der Waals surface area contributed by atoms with Crippen molar-refractivity contribution < 1.29 is 4.79 Å². The number of ketones is 1. The molecule has 1 aliphatic rings. The molecule has 1 heteroatoms. The fraction of sp³-hybridized carbons (Fsp3) is 0.625. The molecule has 0 aromatic rings. The van der Waals surface area contributed by atoms with Crippen LogP contribution in [-0.2, 0) is 4.79 Å². The van der Waals surface area contributed by atoms with Crippen molar-refractivity contribution >= 4 is 5.78 Å². The van der Waals surface area contributed by atoms with Crippen LogP contribution < -0.4 is 0 Å². The minimum atomic E-state index is 0.310. The maximum absolute atomic E-state index is 11.1. The second-order valence-corrected chi connectivity index (χ2v) is 2.59. The number of Topliss-reactive ketones (excluding diaryl/α,β-unsaturated/α-hetero) is 1. The first-order chi connectivity index (χ1) is 4.25. The molecule has 1 rings (SSSR count). The lowest BCUT2D eigenvalue weighted by atomic mass is 10.0. The van der Waals surface area contributed by atoms with E-state index in [2.05, 4.69) is 6.92 Å². The number of hydrogen-bond donors (Lipinski definition) is 0. The summed E-state index contributed by atoms with van der Waals surface area (Å²) in [5, 5.41) is 0. The van der Waals surface area contributed by atoms with E-state index in [4.69, 9.17) is 0 Å². The van der Waals surface area contributed by atoms with Gasteiger partial charge >= 0.3 is 0 Å². The Bertz CT molecular complexity index is 156. The smallest absolute Gasteiger partial charge is 0.161 e. The zero-order valence-corrected chi connectivity index (χ0v) is 5.98. The average Bonchev–Trinajstić information content (AvgIpc) is 2.15. The Morgan fingerprint density at radius 1 is 1.78 bits per heavy atom. The quantitative estimate of drug-likeness (QED) is 0.522. The first kappa shape index (κ1) is 6.53. The zero-order chi connectivity index (χ0) is 6.85. The van der Waals surface area contributed by atoms with Gasteiger partial charge in [-0.3, -0.25) is 4.79 Å². The molecule has 0 aliphatic heterocycles. The lowest BCUT2D eigenvalue weighted by Gasteiger charge is -2.01. The maximum Gasteiger partial charge on any atom is 0.161 e. The first-order valence-corrected chi connectivity index (χ1v) is 3.46. The normalized spacial score (nSPS) is 26.7. The van der Waals surface area contributed by atoms with E-state index in [1.807, 2.05) is 13.0 Å². The third kappa shape index (κ3) is 1.04. The fourth-order valence-corrected chi connectivity index (χ4v) is 1.20. The summed E-state index contributed by atoms with van der Waals surface area (Å²) in [5.74, 6) is 0.669. The molecule has 0 radical (unpaired) electrons. The summed E-state index contributed by atoms with van der Waals surface area (Å²) in [4.78, 5) is 11.1. The van der Waals surface area contributed by atoms with Crippen molar-refractivity contribution in [3.8, 4) is 0 Å². The number of hydrogen-bond acceptors (Lipinski definition) is 1. The summed E-state index contributed by atoms with van der Waals surface area (Å²) >= 11 is 0. The number of carbonyl (C=O) groups is 1. The Hall–Kier alpha value is -0.590. The summed E-state index contributed by atoms with van der Waals surface area (Å²) in [7, 11) is 0. The molecule has 0 saturated heterocycles. The molecule has 0 spiro atoms. The maximum atomic E-state index is 11.1. The van der Waals surface area contributed by atoms with E-state index >= 15 is 0 Å². The van der Waals surface area contributed by atoms with Crippen LogP contribution >= 0.6 is 0 Å². The van der Waals surface area contributed by atoms with Gasteiger partial charge in [0.2, 0.25) is 0 Å². The number of allylic oxidation sites excluding steroid dienone is 2. The molecule has 1 nitrogen and oxygen atoms in total. The predicted octanol–water partition coefficient (Wildman–Crippen LogP) is 1.93. The van der Waals surface area contributed by atoms with Crippen LogP contribution in [0.25, 0.3) is 0 Å². The van der Waals surface area contributed by atoms with Gasteiger partial charge in [-0.15, -0.1) is 0 Å². The highest BCUT2D eigenvalue weighted by Crippen LogP contribution is 2.22. The lowest BCUT2D eigenvalue weighted by Crippen LogP contribution is -2.06. The van der Waals surface area contributed by atoms with Gasteiger partial charge in [0.05, 0.1) is 0 Å². The second-order valence-electron chi connectivity index (χ2n) is 2.59. The average molecular weight is 124 g/mol. The molecule has 0 fully saturated rings. The molecule has 1 aliphatic carbocycles. The highest BCUT2D eigenvalue weighted by Gasteiger charge is 2.21. The summed E-state index contributed by atoms with van der Waals surface area (Å²) in [5.41, 5.74) is 0.960. The van der Waals surface area contributed by atoms with Crippen LogP contribution in [0, 0.1) is 5.92 Å². The van der Waals surface area contributed by atoms with Gasteiger partial charge in [-0.05, 0) is 25.3 Å². The minimum absolute atomic E-state index is 0.310. The summed E-state index contributed by atoms with van der Waals surface area (Å²) in [6.45, 7) is 3.97. The molecular weight excluding hydrogens is 112 g/mol. The van der Waals surface area contributed by atoms with E-state index < -0.39 is 0 Å². The van der Waals surface area contributed by atoms with Gasteiger partial charge in [0.15, 0.2) is 5.78 Å². The van der Waals surface area contributed by atoms with Gasteiger partial charge in [-0.25, -0.2) is 0 Å². The third-order valence-corrected chi connectivity index (χ3v) is 1.96. The van der Waals surface area contributed by atoms with Gasteiger partial charge in [0.25, 0.3) is 0 Å². The molecule has 1 unspecified atom stereocenters. The number of carbonyl (C=O) groups excluding carboxylic acids is 1. The molecule has 50 valence electrons. The van der Waals surface area contributed by atoms with Crippen LogP contribution in [0.5, 0.6) is 0 Å². The Balaban J connectivity index is 2.62. The van der Waals surface area contributed by atoms with Crippen LogP contribution in [-0.4, -0.2) is 5.78 Å². The topological polar surface area (TPSA) is 17.1 Å². The van der Waals surface area contributed by atoms with Crippen molar-refractivity contribution in [1.82, 2.24) is 0 Å². The molecule has 0 aromatic carbocycles. The molecule has 0 heterocycles. The molecule has 0 bridgehead atoms. The van der Waals surface area contributed by atoms with E-state index in [1.165, 1.54) is 0 Å². The first-order valence-electron chi connectivity index (χ1n) is 3.46. The van der Waals surface area contributed by atoms with Gasteiger partial charge in [0, 0.05) is 5.92 Å². The van der Waals surface area contributed by atoms with Crippen molar-refractivity contribution in [3.05, 3.63) is 11.6 Å². The van der Waals surface area contributed by atoms with Gasteiger partial charge in [0.1, 0.15) is 0 Å². The molecule has 0 saturated carbocycles. The van der Waals surface area contributed by atoms with Crippen molar-refractivity contribution in [1.29, 1.82) is 0 Å². The molecule has 0 N–H and O–H groups in total. The monoisotopic (exact) mass is 124 g/mol. The van der Waals surface area contributed by atoms with Crippen molar-refractivity contribution in [3.63, 3.8) is 0 Å². The minimum Gasteiger partial charge on any atom is -0.294 e. The summed E-state index contributed by atoms with van der Waals surface area (Å²) in [6, 6.07) is 0. The summed E-state index contributed by atoms with van der Waals surface area (Å²) in [6.07, 6.45) is 4.00. The third-order valence-electron chi connectivity index (χ3n) is 1.96. The highest BCUT2D eigenvalue weighted by atomic mass is 16.1. The van der Waals surface area contributed by atoms with Crippen molar-refractivity contribution in [2.24, 2.45) is 5.92 Å². The largest absolute Gasteiger partial charge is 0.294 e. The standard InChI is InChI=1S/C8H12O/c1-3-7-5-4-6(2)8(7)9/h4,7H,3,5H2,1-2H3. The van der Waals surface area contributed by atoms with E-state index in [1.54, 1.807) is 0 Å². The SMILES string of the molecule is CCC1CC=C(C)C1=O. The van der Waals surface area contributed by atoms with Crippen LogP contribution in [0.15, 0.2) is 11.6 Å². The molecule has 9 heavy (non-hydrogen) atoms. The Morgan fingerprint density at radius 3 is 2.67 bits per heavy atom. The van der Waals surface area contributed by atoms with E-state index in [-0.39, 0.29) is 0 Å². The van der Waals surface area contributed by atoms with Gasteiger partial charge < -0.3 is 0 Å². The van der Waals surface area contributed by atoms with Gasteiger partial charge in [-0.1, -0.05) is 13.0 Å². The van der Waals surface area contributed by atoms with Gasteiger partial charge in [-0.2, -0.15) is 0 Å². The molecule has 0 aromatic heterocycles. The van der Waals surface area contributed by atoms with E-state index in [0.29, 0.717) is 11.7 Å². The number of rotatable bonds is 1. The molecular formula is C8H12O. The zero-order valence-electron chi connectivity index (χ0n) is 5.98. The molecule has 1 atom stereocenters. The van der Waals surface area contributed by atoms with Crippen LogP contribution in [0.4, 0.5) is 0 Å². The van der Waals surface area contributed by atoms with Crippen LogP contribution in [0.2, 0.25) is 0 Å². The highest BCUT2D eigenvalue weighted by molar-refractivity contribution is 5.98. The van der Waals surface area contributed by atoms with Crippen molar-refractivity contribution in [2.75, 3.05) is 0 Å². The van der Waals surface area contributed by atoms with Crippen LogP contribution in [0.3, 0.4) is 0 Å². The summed E-state index contributed by atoms with van der Waals surface area (Å²) < 4.78 is 0. The van der Waals surface area contributed by atoms with Crippen LogP contribution in [0.1, 0.15) is 26.7 Å². The second kappa shape index (κ2) is 2.34. The molecule has 0 amide bonds.